The van der Waals surface area contributed by atoms with Gasteiger partial charge in [0.15, 0.2) is 5.70 Å². The fraction of sp³-hybridized carbons (Fsp3) is 0.440. The molecule has 1 amide bonds. The summed E-state index contributed by atoms with van der Waals surface area (Å²) in [5.74, 6) is 1.74. The first-order chi connectivity index (χ1) is 15.4. The molecular weight excluding hydrogens is 404 g/mol. The number of nitrogens with zero attached hydrogens (tertiary/aromatic N) is 3. The molecule has 1 saturated heterocycles. The summed E-state index contributed by atoms with van der Waals surface area (Å²) in [7, 11) is 1.85. The van der Waals surface area contributed by atoms with E-state index in [1.54, 1.807) is 0 Å². The van der Waals surface area contributed by atoms with Crippen molar-refractivity contribution in [1.29, 1.82) is 0 Å². The number of allylic oxidation sites excluding steroid dienone is 1. The normalized spacial score (nSPS) is 25.8. The summed E-state index contributed by atoms with van der Waals surface area (Å²) in [5.41, 5.74) is 4.54. The summed E-state index contributed by atoms with van der Waals surface area (Å²) in [6.45, 7) is 8.57. The minimum Gasteiger partial charge on any atom is -0.491 e. The summed E-state index contributed by atoms with van der Waals surface area (Å²) in [4.78, 5) is 14.5. The van der Waals surface area contributed by atoms with E-state index in [0.717, 1.165) is 71.9 Å². The number of piperidine rings is 1. The quantitative estimate of drug-likeness (QED) is 0.579. The SMILES string of the molecule is CC1=CN(c2cccc3c2C2=C(C=N[N+]2(C)C=O)C2(CCNCC2)O3)CC=C1OC(C)C. The van der Waals surface area contributed by atoms with Gasteiger partial charge in [0.1, 0.15) is 29.7 Å². The van der Waals surface area contributed by atoms with Crippen LogP contribution in [0.4, 0.5) is 5.69 Å². The number of hydrogen-bond donors (Lipinski definition) is 1. The number of rotatable bonds is 4. The maximum absolute atomic E-state index is 12.3. The van der Waals surface area contributed by atoms with Crippen molar-refractivity contribution >= 4 is 24.0 Å². The molecule has 0 radical (unpaired) electrons. The molecule has 0 aliphatic carbocycles. The third-order valence-corrected chi connectivity index (χ3v) is 6.67. The van der Waals surface area contributed by atoms with Gasteiger partial charge in [-0.2, -0.15) is 0 Å². The molecule has 1 spiro atoms. The van der Waals surface area contributed by atoms with Crippen molar-refractivity contribution < 1.29 is 18.9 Å². The topological polar surface area (TPSA) is 63.2 Å². The van der Waals surface area contributed by atoms with Gasteiger partial charge >= 0.3 is 6.41 Å². The number of nitrogens with one attached hydrogen (secondary N) is 1. The van der Waals surface area contributed by atoms with Crippen molar-refractivity contribution in [2.75, 3.05) is 31.6 Å². The highest BCUT2D eigenvalue weighted by atomic mass is 16.5. The lowest BCUT2D eigenvalue weighted by molar-refractivity contribution is -0.754. The second-order valence-corrected chi connectivity index (χ2v) is 9.33. The first kappa shape index (κ1) is 21.0. The van der Waals surface area contributed by atoms with Crippen LogP contribution in [0.5, 0.6) is 5.75 Å². The van der Waals surface area contributed by atoms with E-state index in [-0.39, 0.29) is 10.7 Å². The van der Waals surface area contributed by atoms with Crippen molar-refractivity contribution in [1.82, 2.24) is 5.32 Å². The fourth-order valence-corrected chi connectivity index (χ4v) is 5.12. The highest BCUT2D eigenvalue weighted by Crippen LogP contribution is 2.52. The van der Waals surface area contributed by atoms with E-state index in [1.807, 2.05) is 39.2 Å². The summed E-state index contributed by atoms with van der Waals surface area (Å²) in [6.07, 6.45) is 8.82. The Morgan fingerprint density at radius 1 is 1.31 bits per heavy atom. The molecule has 7 heteroatoms. The average molecular weight is 436 g/mol. The molecule has 1 aromatic rings. The number of fused-ring (bicyclic) bond motifs is 3. The molecule has 0 aromatic heterocycles. The lowest BCUT2D eigenvalue weighted by Crippen LogP contribution is -2.50. The number of carbonyl (C=O) groups excluding carboxylic acids is 1. The van der Waals surface area contributed by atoms with Crippen LogP contribution >= 0.6 is 0 Å². The molecule has 7 nitrogen and oxygen atoms in total. The summed E-state index contributed by atoms with van der Waals surface area (Å²) in [6, 6.07) is 6.14. The number of ether oxygens (including phenoxy) is 2. The van der Waals surface area contributed by atoms with Crippen molar-refractivity contribution in [2.24, 2.45) is 5.10 Å². The Hall–Kier alpha value is -2.90. The second-order valence-electron chi connectivity index (χ2n) is 9.33. The van der Waals surface area contributed by atoms with Crippen molar-refractivity contribution in [2.45, 2.75) is 45.3 Å². The van der Waals surface area contributed by atoms with Crippen LogP contribution in [0.3, 0.4) is 0 Å². The van der Waals surface area contributed by atoms with Crippen molar-refractivity contribution in [3.8, 4) is 5.75 Å². The van der Waals surface area contributed by atoms with E-state index in [1.165, 1.54) is 0 Å². The molecule has 5 rings (SSSR count). The zero-order chi connectivity index (χ0) is 22.5. The van der Waals surface area contributed by atoms with Crippen molar-refractivity contribution in [3.05, 3.63) is 52.9 Å². The van der Waals surface area contributed by atoms with Gasteiger partial charge in [0.25, 0.3) is 0 Å². The Morgan fingerprint density at radius 3 is 2.78 bits per heavy atom. The van der Waals surface area contributed by atoms with Gasteiger partial charge in [-0.1, -0.05) is 11.2 Å². The number of anilines is 1. The van der Waals surface area contributed by atoms with Gasteiger partial charge in [0, 0.05) is 31.2 Å². The molecule has 1 aromatic carbocycles. The predicted octanol–water partition coefficient (Wildman–Crippen LogP) is 3.55. The average Bonchev–Trinajstić information content (AvgIpc) is 3.14. The lowest BCUT2D eigenvalue weighted by Gasteiger charge is -2.42. The van der Waals surface area contributed by atoms with Crippen LogP contribution in [0.15, 0.2) is 52.5 Å². The van der Waals surface area contributed by atoms with Crippen LogP contribution in [0.25, 0.3) is 5.70 Å². The molecule has 4 aliphatic heterocycles. The van der Waals surface area contributed by atoms with Crippen LogP contribution in [-0.4, -0.2) is 55.6 Å². The molecule has 0 bridgehead atoms. The first-order valence-corrected chi connectivity index (χ1v) is 11.4. The van der Waals surface area contributed by atoms with Crippen LogP contribution in [0.2, 0.25) is 0 Å². The van der Waals surface area contributed by atoms with E-state index in [4.69, 9.17) is 9.47 Å². The summed E-state index contributed by atoms with van der Waals surface area (Å²) in [5, 5.41) is 8.05. The second kappa shape index (κ2) is 7.60. The monoisotopic (exact) mass is 435 g/mol. The highest BCUT2D eigenvalue weighted by molar-refractivity contribution is 5.99. The zero-order valence-electron chi connectivity index (χ0n) is 19.2. The highest BCUT2D eigenvalue weighted by Gasteiger charge is 2.53. The van der Waals surface area contributed by atoms with Crippen LogP contribution < -0.4 is 15.0 Å². The van der Waals surface area contributed by atoms with Gasteiger partial charge in [0.05, 0.1) is 23.6 Å². The largest absolute Gasteiger partial charge is 0.491 e. The minimum absolute atomic E-state index is 0.119. The third kappa shape index (κ3) is 3.19. The Balaban J connectivity index is 1.62. The van der Waals surface area contributed by atoms with Crippen molar-refractivity contribution in [3.63, 3.8) is 0 Å². The molecule has 1 fully saturated rings. The van der Waals surface area contributed by atoms with E-state index < -0.39 is 5.60 Å². The molecule has 4 heterocycles. The van der Waals surface area contributed by atoms with Gasteiger partial charge in [-0.05, 0) is 52.1 Å². The van der Waals surface area contributed by atoms with Crippen LogP contribution in [0.1, 0.15) is 39.2 Å². The van der Waals surface area contributed by atoms with Gasteiger partial charge in [-0.15, -0.1) is 4.59 Å². The molecule has 4 aliphatic rings. The molecule has 0 saturated carbocycles. The molecular formula is C25H31N4O3+. The predicted molar refractivity (Wildman–Crippen MR) is 125 cm³/mol. The van der Waals surface area contributed by atoms with Gasteiger partial charge in [-0.3, -0.25) is 0 Å². The van der Waals surface area contributed by atoms with Gasteiger partial charge in [0.2, 0.25) is 0 Å². The smallest absolute Gasteiger partial charge is 0.332 e. The Bertz CT molecular complexity index is 1080. The maximum atomic E-state index is 12.3. The van der Waals surface area contributed by atoms with Gasteiger partial charge < -0.3 is 19.7 Å². The zero-order valence-corrected chi connectivity index (χ0v) is 19.2. The Kier molecular flexibility index (Phi) is 4.98. The first-order valence-electron chi connectivity index (χ1n) is 11.4. The molecule has 1 unspecified atom stereocenters. The Morgan fingerprint density at radius 2 is 2.09 bits per heavy atom. The molecule has 1 N–H and O–H groups in total. The lowest BCUT2D eigenvalue weighted by atomic mass is 9.80. The minimum atomic E-state index is -0.444. The summed E-state index contributed by atoms with van der Waals surface area (Å²) >= 11 is 0. The standard InChI is InChI=1S/C25H31N4O3/c1-17(2)31-21-8-13-28(15-18(21)3)20-6-5-7-22-23(20)24-19(14-27-29(24,4)16-30)25(32-22)9-11-26-12-10-25/h5-8,14-17,26H,9-13H2,1-4H3/q+1. The Labute approximate surface area is 189 Å². The van der Waals surface area contributed by atoms with E-state index >= 15 is 0 Å². The summed E-state index contributed by atoms with van der Waals surface area (Å²) < 4.78 is 12.6. The maximum Gasteiger partial charge on any atom is 0.332 e. The van der Waals surface area contributed by atoms with E-state index in [2.05, 4.69) is 40.6 Å². The number of hydrogen-bond acceptors (Lipinski definition) is 6. The number of quaternary nitrogens is 1. The van der Waals surface area contributed by atoms with Crippen LogP contribution in [-0.2, 0) is 9.53 Å². The van der Waals surface area contributed by atoms with Crippen LogP contribution in [0, 0.1) is 0 Å². The number of carbonyl (C=O) groups is 1. The fourth-order valence-electron chi connectivity index (χ4n) is 5.12. The molecule has 32 heavy (non-hydrogen) atoms. The molecule has 1 atom stereocenters. The van der Waals surface area contributed by atoms with Gasteiger partial charge in [-0.25, -0.2) is 4.79 Å². The third-order valence-electron chi connectivity index (χ3n) is 6.67. The van der Waals surface area contributed by atoms with E-state index in [0.29, 0.717) is 6.54 Å². The molecule has 168 valence electrons. The number of benzene rings is 1. The van der Waals surface area contributed by atoms with E-state index in [9.17, 15) is 4.79 Å². The number of amides is 1.